The number of alkyl halides is 2. The van der Waals surface area contributed by atoms with Crippen molar-refractivity contribution in [3.8, 4) is 0 Å². The van der Waals surface area contributed by atoms with Gasteiger partial charge in [0.25, 0.3) is 5.92 Å². The van der Waals surface area contributed by atoms with E-state index in [4.69, 9.17) is 0 Å². The van der Waals surface area contributed by atoms with E-state index in [0.29, 0.717) is 6.42 Å². The number of hydrogen-bond donors (Lipinski definition) is 2. The van der Waals surface area contributed by atoms with Crippen LogP contribution in [0.4, 0.5) is 8.78 Å². The Labute approximate surface area is 199 Å². The van der Waals surface area contributed by atoms with Crippen molar-refractivity contribution in [1.29, 1.82) is 0 Å². The highest BCUT2D eigenvalue weighted by Crippen LogP contribution is 2.53. The lowest BCUT2D eigenvalue weighted by molar-refractivity contribution is 0.0130. The number of aromatic nitrogens is 1. The number of aryl methyl sites for hydroxylation is 1. The van der Waals surface area contributed by atoms with Crippen LogP contribution in [-0.4, -0.2) is 29.0 Å². The highest BCUT2D eigenvalue weighted by molar-refractivity contribution is 5.47. The largest absolute Gasteiger partial charge is 0.365 e. The number of pyridine rings is 1. The van der Waals surface area contributed by atoms with Gasteiger partial charge in [0.1, 0.15) is 6.17 Å². The first-order chi connectivity index (χ1) is 16.1. The molecular weight excluding hydrogens is 432 g/mol. The molecular formula is C28H31F2N3O. The van der Waals surface area contributed by atoms with Crippen molar-refractivity contribution in [2.75, 3.05) is 7.05 Å². The molecule has 4 nitrogen and oxygen atoms in total. The van der Waals surface area contributed by atoms with Crippen LogP contribution in [0.5, 0.6) is 0 Å². The van der Waals surface area contributed by atoms with Crippen LogP contribution < -0.4 is 10.9 Å². The molecule has 0 amide bonds. The van der Waals surface area contributed by atoms with Gasteiger partial charge in [-0.1, -0.05) is 30.9 Å². The molecule has 6 heteroatoms. The maximum absolute atomic E-state index is 13.9. The lowest BCUT2D eigenvalue weighted by Gasteiger charge is -2.37. The van der Waals surface area contributed by atoms with Gasteiger partial charge in [-0.15, -0.1) is 0 Å². The molecule has 1 saturated carbocycles. The molecule has 34 heavy (non-hydrogen) atoms. The summed E-state index contributed by atoms with van der Waals surface area (Å²) in [6.07, 6.45) is 8.30. The van der Waals surface area contributed by atoms with Gasteiger partial charge in [-0.2, -0.15) is 0 Å². The molecule has 2 aliphatic carbocycles. The molecule has 0 saturated heterocycles. The van der Waals surface area contributed by atoms with Gasteiger partial charge in [0.2, 0.25) is 5.56 Å². The zero-order valence-electron chi connectivity index (χ0n) is 20.0. The average Bonchev–Trinajstić information content (AvgIpc) is 3.51. The lowest BCUT2D eigenvalue weighted by atomic mass is 9.90. The van der Waals surface area contributed by atoms with Crippen molar-refractivity contribution in [2.45, 2.75) is 63.5 Å². The summed E-state index contributed by atoms with van der Waals surface area (Å²) in [5.74, 6) is -2.63. The van der Waals surface area contributed by atoms with Gasteiger partial charge in [0.15, 0.2) is 0 Å². The summed E-state index contributed by atoms with van der Waals surface area (Å²) in [5.41, 5.74) is 7.66. The van der Waals surface area contributed by atoms with Gasteiger partial charge in [-0.25, -0.2) is 8.78 Å². The summed E-state index contributed by atoms with van der Waals surface area (Å²) >= 11 is 0. The molecule has 1 aromatic carbocycles. The summed E-state index contributed by atoms with van der Waals surface area (Å²) in [7, 11) is 2.06. The molecule has 2 aromatic rings. The second kappa shape index (κ2) is 7.97. The Morgan fingerprint density at radius 3 is 2.65 bits per heavy atom. The van der Waals surface area contributed by atoms with Crippen molar-refractivity contribution in [3.05, 3.63) is 104 Å². The van der Waals surface area contributed by atoms with Gasteiger partial charge < -0.3 is 15.2 Å². The number of likely N-dealkylation sites (N-methyl/N-ethyl adjacent to an activating group) is 1. The quantitative estimate of drug-likeness (QED) is 0.641. The Kier molecular flexibility index (Phi) is 5.30. The van der Waals surface area contributed by atoms with E-state index in [2.05, 4.69) is 47.9 Å². The number of benzene rings is 1. The predicted octanol–water partition coefficient (Wildman–Crippen LogP) is 4.90. The Hall–Kier alpha value is -3.15. The highest BCUT2D eigenvalue weighted by Gasteiger charge is 2.48. The maximum atomic E-state index is 13.9. The van der Waals surface area contributed by atoms with Crippen LogP contribution >= 0.6 is 0 Å². The smallest absolute Gasteiger partial charge is 0.256 e. The molecule has 5 rings (SSSR count). The van der Waals surface area contributed by atoms with Crippen molar-refractivity contribution in [2.24, 2.45) is 0 Å². The average molecular weight is 464 g/mol. The fourth-order valence-electron chi connectivity index (χ4n) is 5.38. The van der Waals surface area contributed by atoms with Crippen molar-refractivity contribution < 1.29 is 8.78 Å². The first-order valence-corrected chi connectivity index (χ1v) is 11.8. The van der Waals surface area contributed by atoms with Crippen LogP contribution in [0.1, 0.15) is 47.6 Å². The summed E-state index contributed by atoms with van der Waals surface area (Å²) in [5, 5.41) is 3.62. The molecule has 1 aliphatic heterocycles. The summed E-state index contributed by atoms with van der Waals surface area (Å²) in [4.78, 5) is 16.6. The van der Waals surface area contributed by atoms with Gasteiger partial charge in [0.05, 0.1) is 0 Å². The van der Waals surface area contributed by atoms with Crippen LogP contribution in [0.25, 0.3) is 0 Å². The molecule has 1 atom stereocenters. The second-order valence-corrected chi connectivity index (χ2v) is 10.1. The fourth-order valence-corrected chi connectivity index (χ4v) is 5.38. The van der Waals surface area contributed by atoms with E-state index < -0.39 is 5.92 Å². The Balaban J connectivity index is 1.33. The number of hydrogen-bond acceptors (Lipinski definition) is 3. The van der Waals surface area contributed by atoms with Crippen molar-refractivity contribution in [3.63, 3.8) is 0 Å². The Bertz CT molecular complexity index is 1280. The summed E-state index contributed by atoms with van der Waals surface area (Å²) in [6.45, 7) is 8.44. The zero-order valence-corrected chi connectivity index (χ0v) is 20.0. The second-order valence-electron chi connectivity index (χ2n) is 10.1. The lowest BCUT2D eigenvalue weighted by Crippen LogP contribution is -2.45. The van der Waals surface area contributed by atoms with Gasteiger partial charge >= 0.3 is 0 Å². The molecule has 1 aromatic heterocycles. The number of fused-ring (bicyclic) bond motifs is 1. The van der Waals surface area contributed by atoms with Crippen LogP contribution in [0.2, 0.25) is 0 Å². The normalized spacial score (nSPS) is 22.0. The molecule has 178 valence electrons. The predicted molar refractivity (Wildman–Crippen MR) is 131 cm³/mol. The minimum Gasteiger partial charge on any atom is -0.365 e. The van der Waals surface area contributed by atoms with E-state index in [1.165, 1.54) is 11.3 Å². The van der Waals surface area contributed by atoms with Gasteiger partial charge in [-0.05, 0) is 66.2 Å². The van der Waals surface area contributed by atoms with Crippen molar-refractivity contribution >= 4 is 0 Å². The van der Waals surface area contributed by atoms with E-state index in [1.807, 2.05) is 25.1 Å². The van der Waals surface area contributed by atoms with E-state index in [-0.39, 0.29) is 30.0 Å². The van der Waals surface area contributed by atoms with E-state index in [1.54, 1.807) is 12.3 Å². The maximum Gasteiger partial charge on any atom is 0.256 e. The first-order valence-electron chi connectivity index (χ1n) is 11.8. The molecule has 0 radical (unpaired) electrons. The summed E-state index contributed by atoms with van der Waals surface area (Å²) < 4.78 is 27.8. The fraction of sp³-hybridized carbons (Fsp3) is 0.393. The molecule has 3 aliphatic rings. The van der Waals surface area contributed by atoms with E-state index >= 15 is 0 Å². The topological polar surface area (TPSA) is 48.1 Å². The minimum atomic E-state index is -2.63. The number of allylic oxidation sites excluding steroid dienone is 4. The molecule has 2 heterocycles. The van der Waals surface area contributed by atoms with Crippen LogP contribution in [0, 0.1) is 6.92 Å². The monoisotopic (exact) mass is 463 g/mol. The number of rotatable bonds is 6. The van der Waals surface area contributed by atoms with Crippen LogP contribution in [-0.2, 0) is 24.7 Å². The number of aromatic amines is 1. The SMILES string of the molecule is C=C(NC1C=CC(C)=C(Cc2c[nH]c(=O)cc2C)N1C)C1(c2ccc3c(c2)CC(F)(F)C3)CC1. The minimum absolute atomic E-state index is 0.0643. The molecule has 1 unspecified atom stereocenters. The van der Waals surface area contributed by atoms with Crippen LogP contribution in [0.3, 0.4) is 0 Å². The molecule has 0 spiro atoms. The summed E-state index contributed by atoms with van der Waals surface area (Å²) in [6, 6.07) is 7.49. The number of nitrogens with one attached hydrogen (secondary N) is 2. The van der Waals surface area contributed by atoms with Crippen LogP contribution in [0.15, 0.2) is 71.0 Å². The third kappa shape index (κ3) is 3.99. The first kappa shape index (κ1) is 22.6. The Morgan fingerprint density at radius 1 is 1.21 bits per heavy atom. The molecule has 2 N–H and O–H groups in total. The Morgan fingerprint density at radius 2 is 1.94 bits per heavy atom. The number of halogens is 2. The standard InChI is InChI=1S/C28H31F2N3O/c1-17-5-8-25(33(4)24(17)13-22-16-31-26(34)11-18(22)2)32-19(3)27(9-10-27)23-7-6-20-14-28(29,30)15-21(20)12-23/h5-8,11-12,16,25,32H,3,9-10,13-15H2,1-2,4H3,(H,31,34). The van der Waals surface area contributed by atoms with E-state index in [9.17, 15) is 13.6 Å². The molecule has 0 bridgehead atoms. The molecule has 1 fully saturated rings. The third-order valence-corrected chi connectivity index (χ3v) is 7.73. The van der Waals surface area contributed by atoms with Gasteiger partial charge in [0, 0.05) is 55.4 Å². The van der Waals surface area contributed by atoms with Crippen molar-refractivity contribution in [1.82, 2.24) is 15.2 Å². The highest BCUT2D eigenvalue weighted by atomic mass is 19.3. The van der Waals surface area contributed by atoms with E-state index in [0.717, 1.165) is 46.4 Å². The number of H-pyrrole nitrogens is 1. The zero-order chi connectivity index (χ0) is 24.3. The third-order valence-electron chi connectivity index (χ3n) is 7.73. The number of nitrogens with zero attached hydrogens (tertiary/aromatic N) is 1. The van der Waals surface area contributed by atoms with Gasteiger partial charge in [-0.3, -0.25) is 4.79 Å².